The Balaban J connectivity index is 0.923. The van der Waals surface area contributed by atoms with E-state index >= 15 is 0 Å². The molecule has 1 saturated carbocycles. The minimum atomic E-state index is -0.201. The molecular formula is C56H60N6O10. The molecule has 72 heavy (non-hydrogen) atoms. The van der Waals surface area contributed by atoms with Gasteiger partial charge in [0, 0.05) is 87.1 Å². The first-order valence-corrected chi connectivity index (χ1v) is 24.7. The molecule has 4 heterocycles. The fraction of sp³-hybridized carbons (Fsp3) is 0.375. The summed E-state index contributed by atoms with van der Waals surface area (Å²) in [6, 6.07) is 28.9. The summed E-state index contributed by atoms with van der Waals surface area (Å²) in [5.74, 6) is 1.42. The van der Waals surface area contributed by atoms with Crippen LogP contribution in [0.5, 0.6) is 23.0 Å². The van der Waals surface area contributed by atoms with Crippen LogP contribution in [0.15, 0.2) is 101 Å². The predicted molar refractivity (Wildman–Crippen MR) is 275 cm³/mol. The highest BCUT2D eigenvalue weighted by Gasteiger charge is 2.38. The molecule has 3 amide bonds. The molecule has 1 fully saturated rings. The van der Waals surface area contributed by atoms with Gasteiger partial charge in [-0.3, -0.25) is 34.2 Å². The van der Waals surface area contributed by atoms with Crippen molar-refractivity contribution in [1.82, 2.24) is 5.32 Å². The second-order valence-electron chi connectivity index (χ2n) is 18.5. The first kappa shape index (κ1) is 48.4. The standard InChI is InChI=1S/C56H60N6O10/c1-66-19-20-70-22-21-69-18-17-60(16-8-13-54(63)59-40-14-15-40)41-24-36(34-71-52-30-46-44(28-50(52)67-2)55(64)61-42(32-57-46)26-38-9-4-6-11-48(38)61)23-37(25-41)35-72-53-31-47-45(29-51(53)68-3)56(65)62-43(33-58-47)27-39-10-5-7-12-49(39)62/h4-7,9-12,23-25,28-33,40,42-43H,8,13-22,26-27,34-35H2,1-3H3,(H,59,63)/t42-,43-/m0/s1. The van der Waals surface area contributed by atoms with E-state index in [2.05, 4.69) is 22.3 Å². The number of para-hydroxylation sites is 2. The van der Waals surface area contributed by atoms with Crippen molar-refractivity contribution < 1.29 is 47.5 Å². The molecule has 2 atom stereocenters. The van der Waals surface area contributed by atoms with Crippen molar-refractivity contribution in [3.8, 4) is 23.0 Å². The van der Waals surface area contributed by atoms with E-state index in [9.17, 15) is 14.4 Å². The minimum absolute atomic E-state index is 0.0510. The first-order chi connectivity index (χ1) is 35.3. The fourth-order valence-electron chi connectivity index (χ4n) is 9.76. The highest BCUT2D eigenvalue weighted by Crippen LogP contribution is 2.43. The zero-order chi connectivity index (χ0) is 49.6. The van der Waals surface area contributed by atoms with Gasteiger partial charge >= 0.3 is 0 Å². The van der Waals surface area contributed by atoms with Crippen LogP contribution in [0, 0.1) is 0 Å². The van der Waals surface area contributed by atoms with E-state index in [1.807, 2.05) is 76.8 Å². The molecule has 4 aliphatic heterocycles. The van der Waals surface area contributed by atoms with Gasteiger partial charge in [0.15, 0.2) is 23.0 Å². The van der Waals surface area contributed by atoms with Crippen LogP contribution in [-0.2, 0) is 45.1 Å². The third-order valence-electron chi connectivity index (χ3n) is 13.5. The van der Waals surface area contributed by atoms with Gasteiger partial charge < -0.3 is 43.4 Å². The zero-order valence-corrected chi connectivity index (χ0v) is 41.0. The SMILES string of the molecule is COCCOCCOCCN(CCCC(=O)NC1CC1)c1cc(COc2cc3c(cc2OC)C(=O)N2c4ccccc4C[C@H]2C=N3)cc(COc2cc3c(cc2OC)C(=O)N2c4ccccc4C[C@H]2C=N3)c1. The maximum atomic E-state index is 14.2. The summed E-state index contributed by atoms with van der Waals surface area (Å²) >= 11 is 0. The summed E-state index contributed by atoms with van der Waals surface area (Å²) in [5.41, 5.74) is 8.36. The number of nitrogens with one attached hydrogen (secondary N) is 1. The predicted octanol–water partition coefficient (Wildman–Crippen LogP) is 7.98. The number of methoxy groups -OCH3 is 3. The lowest BCUT2D eigenvalue weighted by atomic mass is 10.1. The minimum Gasteiger partial charge on any atom is -0.493 e. The molecule has 0 saturated heterocycles. The lowest BCUT2D eigenvalue weighted by molar-refractivity contribution is -0.121. The molecule has 374 valence electrons. The van der Waals surface area contributed by atoms with Crippen molar-refractivity contribution >= 4 is 58.6 Å². The Morgan fingerprint density at radius 2 is 1.17 bits per heavy atom. The van der Waals surface area contributed by atoms with Crippen molar-refractivity contribution in [1.29, 1.82) is 0 Å². The molecular weight excluding hydrogens is 917 g/mol. The van der Waals surface area contributed by atoms with Gasteiger partial charge in [0.1, 0.15) is 13.2 Å². The third-order valence-corrected chi connectivity index (χ3v) is 13.5. The normalized spacial score (nSPS) is 17.0. The van der Waals surface area contributed by atoms with Gasteiger partial charge in [-0.1, -0.05) is 36.4 Å². The molecule has 0 bridgehead atoms. The Hall–Kier alpha value is -7.27. The van der Waals surface area contributed by atoms with E-state index in [0.717, 1.165) is 52.2 Å². The smallest absolute Gasteiger partial charge is 0.261 e. The summed E-state index contributed by atoms with van der Waals surface area (Å²) in [6.45, 7) is 3.65. The molecule has 16 heteroatoms. The van der Waals surface area contributed by atoms with E-state index in [4.69, 9.17) is 43.1 Å². The van der Waals surface area contributed by atoms with Gasteiger partial charge in [-0.25, -0.2) is 0 Å². The number of amides is 3. The van der Waals surface area contributed by atoms with Crippen molar-refractivity contribution in [3.63, 3.8) is 0 Å². The Morgan fingerprint density at radius 1 is 0.639 bits per heavy atom. The van der Waals surface area contributed by atoms with E-state index in [0.29, 0.717) is 117 Å². The number of anilines is 3. The molecule has 0 radical (unpaired) electrons. The summed E-state index contributed by atoms with van der Waals surface area (Å²) in [4.78, 5) is 56.6. The number of carbonyl (C=O) groups excluding carboxylic acids is 3. The number of hydrogen-bond acceptors (Lipinski definition) is 13. The summed E-state index contributed by atoms with van der Waals surface area (Å²) in [5, 5.41) is 3.11. The molecule has 0 unspecified atom stereocenters. The molecule has 5 aliphatic rings. The second kappa shape index (κ2) is 22.0. The number of hydrogen-bond donors (Lipinski definition) is 1. The number of benzene rings is 5. The number of aliphatic imine (C=N–C) groups is 2. The fourth-order valence-corrected chi connectivity index (χ4v) is 9.76. The van der Waals surface area contributed by atoms with Gasteiger partial charge in [-0.15, -0.1) is 0 Å². The van der Waals surface area contributed by atoms with Crippen LogP contribution in [0.25, 0.3) is 0 Å². The Morgan fingerprint density at radius 3 is 1.69 bits per heavy atom. The highest BCUT2D eigenvalue weighted by atomic mass is 16.5. The van der Waals surface area contributed by atoms with Crippen LogP contribution in [0.3, 0.4) is 0 Å². The van der Waals surface area contributed by atoms with E-state index < -0.39 is 0 Å². The van der Waals surface area contributed by atoms with Crippen LogP contribution in [0.2, 0.25) is 0 Å². The number of ether oxygens (including phenoxy) is 7. The number of fused-ring (bicyclic) bond motifs is 8. The van der Waals surface area contributed by atoms with Gasteiger partial charge in [0.25, 0.3) is 11.8 Å². The van der Waals surface area contributed by atoms with E-state index in [1.54, 1.807) is 45.6 Å². The summed E-state index contributed by atoms with van der Waals surface area (Å²) in [6.07, 6.45) is 8.11. The van der Waals surface area contributed by atoms with Crippen LogP contribution < -0.4 is 39.0 Å². The molecule has 1 aliphatic carbocycles. The van der Waals surface area contributed by atoms with Crippen LogP contribution in [-0.4, -0.2) is 116 Å². The molecule has 0 spiro atoms. The van der Waals surface area contributed by atoms with Crippen molar-refractivity contribution in [2.45, 2.75) is 69.9 Å². The maximum Gasteiger partial charge on any atom is 0.261 e. The molecule has 0 aromatic heterocycles. The number of nitrogens with zero attached hydrogens (tertiary/aromatic N) is 5. The zero-order valence-electron chi connectivity index (χ0n) is 41.0. The Kier molecular flexibility index (Phi) is 14.8. The van der Waals surface area contributed by atoms with Crippen LogP contribution in [0.1, 0.15) is 68.7 Å². The van der Waals surface area contributed by atoms with Crippen molar-refractivity contribution in [2.24, 2.45) is 9.98 Å². The largest absolute Gasteiger partial charge is 0.493 e. The van der Waals surface area contributed by atoms with Gasteiger partial charge in [-0.05, 0) is 84.0 Å². The molecule has 16 nitrogen and oxygen atoms in total. The van der Waals surface area contributed by atoms with Gasteiger partial charge in [0.05, 0.1) is 81.8 Å². The molecule has 5 aromatic rings. The van der Waals surface area contributed by atoms with Crippen molar-refractivity contribution in [3.05, 3.63) is 124 Å². The second-order valence-corrected chi connectivity index (χ2v) is 18.5. The molecule has 10 rings (SSSR count). The highest BCUT2D eigenvalue weighted by molar-refractivity contribution is 6.16. The van der Waals surface area contributed by atoms with Crippen LogP contribution >= 0.6 is 0 Å². The lowest BCUT2D eigenvalue weighted by Crippen LogP contribution is -2.37. The molecule has 1 N–H and O–H groups in total. The Labute approximate surface area is 419 Å². The van der Waals surface area contributed by atoms with E-state index in [1.165, 1.54) is 0 Å². The van der Waals surface area contributed by atoms with Crippen molar-refractivity contribution in [2.75, 3.05) is 82.2 Å². The summed E-state index contributed by atoms with van der Waals surface area (Å²) < 4.78 is 41.6. The maximum absolute atomic E-state index is 14.2. The first-order valence-electron chi connectivity index (χ1n) is 24.7. The molecule has 5 aromatic carbocycles. The lowest BCUT2D eigenvalue weighted by Gasteiger charge is -2.26. The van der Waals surface area contributed by atoms with Crippen LogP contribution in [0.4, 0.5) is 28.4 Å². The number of carbonyl (C=O) groups is 3. The quantitative estimate of drug-likeness (QED) is 0.0632. The topological polar surface area (TPSA) is 162 Å². The average molecular weight is 977 g/mol. The van der Waals surface area contributed by atoms with Gasteiger partial charge in [-0.2, -0.15) is 0 Å². The Bertz CT molecular complexity index is 2720. The van der Waals surface area contributed by atoms with Gasteiger partial charge in [0.2, 0.25) is 5.91 Å². The van der Waals surface area contributed by atoms with E-state index in [-0.39, 0.29) is 49.1 Å². The third kappa shape index (κ3) is 10.7. The average Bonchev–Trinajstić information content (AvgIpc) is 4.08. The summed E-state index contributed by atoms with van der Waals surface area (Å²) in [7, 11) is 4.75. The number of rotatable bonds is 23. The monoisotopic (exact) mass is 976 g/mol.